The summed E-state index contributed by atoms with van der Waals surface area (Å²) in [5.74, 6) is 0.663. The Morgan fingerprint density at radius 2 is 1.12 bits per heavy atom. The van der Waals surface area contributed by atoms with Crippen LogP contribution in [0.2, 0.25) is 0 Å². The number of rotatable bonds is 4. The zero-order valence-corrected chi connectivity index (χ0v) is 23.0. The Bertz CT molecular complexity index is 1030. The number of benzene rings is 2. The molecule has 0 aliphatic carbocycles. The zero-order valence-electron chi connectivity index (χ0n) is 19.6. The number of aromatic nitrogens is 2. The van der Waals surface area contributed by atoms with Gasteiger partial charge >= 0.3 is 33.3 Å². The van der Waals surface area contributed by atoms with Gasteiger partial charge in [0.2, 0.25) is 0 Å². The van der Waals surface area contributed by atoms with Gasteiger partial charge in [-0.1, -0.05) is 35.4 Å². The summed E-state index contributed by atoms with van der Waals surface area (Å²) in [6, 6.07) is 8.63. The molecule has 0 aliphatic rings. The van der Waals surface area contributed by atoms with E-state index < -0.39 is 0 Å². The van der Waals surface area contributed by atoms with E-state index in [1.165, 1.54) is 44.9 Å². The Balaban J connectivity index is 0.00000114. The second kappa shape index (κ2) is 12.1. The molecular weight excluding hydrogens is 503 g/mol. The van der Waals surface area contributed by atoms with Gasteiger partial charge in [-0.25, -0.2) is 9.98 Å². The molecule has 3 aromatic rings. The predicted octanol–water partition coefficient (Wildman–Crippen LogP) is 8.05. The molecule has 0 saturated heterocycles. The first-order valence-electron chi connectivity index (χ1n) is 10.0. The molecule has 8 heteroatoms. The predicted molar refractivity (Wildman–Crippen MR) is 137 cm³/mol. The van der Waals surface area contributed by atoms with Crippen molar-refractivity contribution in [3.05, 3.63) is 68.5 Å². The van der Waals surface area contributed by atoms with Gasteiger partial charge in [-0.3, -0.25) is 4.99 Å². The van der Waals surface area contributed by atoms with Crippen molar-refractivity contribution in [3.8, 4) is 0 Å². The maximum atomic E-state index is 4.85. The van der Waals surface area contributed by atoms with Crippen molar-refractivity contribution in [1.29, 1.82) is 0 Å². The van der Waals surface area contributed by atoms with Crippen LogP contribution in [0.25, 0.3) is 0 Å². The van der Waals surface area contributed by atoms with Crippen LogP contribution in [-0.2, 0) is 13.1 Å². The molecular formula is C24H28Cl2FeN4S. The molecule has 0 atom stereocenters. The van der Waals surface area contributed by atoms with E-state index in [0.717, 1.165) is 27.8 Å². The quantitative estimate of drug-likeness (QED) is 0.253. The molecule has 0 amide bonds. The van der Waals surface area contributed by atoms with Crippen molar-refractivity contribution in [2.75, 3.05) is 0 Å². The molecule has 3 rings (SSSR count). The van der Waals surface area contributed by atoms with E-state index in [9.17, 15) is 0 Å². The van der Waals surface area contributed by atoms with Crippen LogP contribution in [0.5, 0.6) is 0 Å². The number of hydrogen-bond acceptors (Lipinski definition) is 5. The number of aryl methyl sites for hydroxylation is 6. The first kappa shape index (κ1) is 26.7. The van der Waals surface area contributed by atoms with Gasteiger partial charge in [-0.2, -0.15) is 4.37 Å². The number of aliphatic imine (C=N–C) groups is 2. The standard InChI is InChI=1S/C24H28N4S.2ClH.Fe/c1-13-9-15(3)21(16(4)10-13)25-19(7)23-27-24(29-28-23)20(8)26-22-17(5)11-14(2)12-18(22)6;;;/h9-12H,1-8H3;2*1H;/q;;;+2/p-2. The van der Waals surface area contributed by atoms with Crippen LogP contribution in [0, 0.1) is 41.5 Å². The number of halogens is 2. The molecule has 32 heavy (non-hydrogen) atoms. The van der Waals surface area contributed by atoms with Crippen molar-refractivity contribution >= 4 is 54.5 Å². The summed E-state index contributed by atoms with van der Waals surface area (Å²) in [6.45, 7) is 16.5. The van der Waals surface area contributed by atoms with Gasteiger partial charge in [-0.15, -0.1) is 0 Å². The van der Waals surface area contributed by atoms with Crippen LogP contribution >= 0.6 is 31.7 Å². The molecule has 1 aromatic heterocycles. The first-order chi connectivity index (χ1) is 15.1. The van der Waals surface area contributed by atoms with Gasteiger partial charge in [0.05, 0.1) is 22.8 Å². The third kappa shape index (κ3) is 6.97. The van der Waals surface area contributed by atoms with Crippen molar-refractivity contribution in [3.63, 3.8) is 0 Å². The minimum atomic E-state index is 0.194. The van der Waals surface area contributed by atoms with Crippen LogP contribution in [0.4, 0.5) is 11.4 Å². The van der Waals surface area contributed by atoms with Gasteiger partial charge in [-0.05, 0) is 89.2 Å². The molecule has 0 aliphatic heterocycles. The van der Waals surface area contributed by atoms with Crippen LogP contribution < -0.4 is 0 Å². The molecule has 0 fully saturated rings. The third-order valence-corrected chi connectivity index (χ3v) is 5.71. The summed E-state index contributed by atoms with van der Waals surface area (Å²) in [7, 11) is 9.53. The molecule has 172 valence electrons. The van der Waals surface area contributed by atoms with Crippen LogP contribution in [0.3, 0.4) is 0 Å². The van der Waals surface area contributed by atoms with Crippen LogP contribution in [-0.4, -0.2) is 20.8 Å². The maximum absolute atomic E-state index is 4.85. The van der Waals surface area contributed by atoms with Gasteiger partial charge in [0.1, 0.15) is 0 Å². The Morgan fingerprint density at radius 3 is 1.53 bits per heavy atom. The Labute approximate surface area is 210 Å². The molecule has 0 radical (unpaired) electrons. The summed E-state index contributed by atoms with van der Waals surface area (Å²) in [5, 5.41) is 0.825. The normalized spacial score (nSPS) is 12.1. The third-order valence-electron chi connectivity index (χ3n) is 4.89. The van der Waals surface area contributed by atoms with Crippen molar-refractivity contribution in [2.24, 2.45) is 9.98 Å². The van der Waals surface area contributed by atoms with E-state index in [2.05, 4.69) is 70.2 Å². The van der Waals surface area contributed by atoms with E-state index in [-0.39, 0.29) is 13.1 Å². The fourth-order valence-electron chi connectivity index (χ4n) is 3.65. The number of hydrogen-bond donors (Lipinski definition) is 0. The van der Waals surface area contributed by atoms with E-state index in [1.54, 1.807) is 0 Å². The summed E-state index contributed by atoms with van der Waals surface area (Å²) < 4.78 is 4.53. The molecule has 2 aromatic carbocycles. The SMILES string of the molecule is CC(=Nc1c(C)cc(C)cc1C)c1nsc(C(C)=Nc2c(C)cc(C)cc2C)n1.[Cl][Fe][Cl]. The van der Waals surface area contributed by atoms with E-state index in [1.807, 2.05) is 13.8 Å². The van der Waals surface area contributed by atoms with Crippen molar-refractivity contribution < 1.29 is 13.1 Å². The average molecular weight is 531 g/mol. The molecule has 4 nitrogen and oxygen atoms in total. The molecule has 0 N–H and O–H groups in total. The fourth-order valence-corrected chi connectivity index (χ4v) is 4.30. The van der Waals surface area contributed by atoms with Gasteiger partial charge in [0.25, 0.3) is 0 Å². The Kier molecular flexibility index (Phi) is 10.1. The van der Waals surface area contributed by atoms with Crippen LogP contribution in [0.1, 0.15) is 58.1 Å². The van der Waals surface area contributed by atoms with E-state index in [4.69, 9.17) is 35.2 Å². The van der Waals surface area contributed by atoms with E-state index >= 15 is 0 Å². The summed E-state index contributed by atoms with van der Waals surface area (Å²) in [6.07, 6.45) is 0. The second-order valence-corrected chi connectivity index (χ2v) is 10.4. The monoisotopic (exact) mass is 530 g/mol. The van der Waals surface area contributed by atoms with E-state index in [0.29, 0.717) is 5.82 Å². The minimum absolute atomic E-state index is 0.194. The first-order valence-corrected chi connectivity index (χ1v) is 13.8. The zero-order chi connectivity index (χ0) is 24.0. The summed E-state index contributed by atoms with van der Waals surface area (Å²) in [5.41, 5.74) is 10.9. The van der Waals surface area contributed by atoms with Gasteiger partial charge < -0.3 is 0 Å². The van der Waals surface area contributed by atoms with Crippen molar-refractivity contribution in [2.45, 2.75) is 55.4 Å². The molecule has 0 bridgehead atoms. The van der Waals surface area contributed by atoms with Gasteiger partial charge in [0, 0.05) is 0 Å². The molecule has 0 unspecified atom stereocenters. The van der Waals surface area contributed by atoms with Gasteiger partial charge in [0.15, 0.2) is 10.8 Å². The van der Waals surface area contributed by atoms with Crippen LogP contribution in [0.15, 0.2) is 34.3 Å². The molecule has 0 spiro atoms. The molecule has 1 heterocycles. The second-order valence-electron chi connectivity index (χ2n) is 7.86. The Hall–Kier alpha value is -1.56. The number of nitrogens with zero attached hydrogens (tertiary/aromatic N) is 4. The Morgan fingerprint density at radius 1 is 0.750 bits per heavy atom. The summed E-state index contributed by atoms with van der Waals surface area (Å²) in [4.78, 5) is 14.4. The summed E-state index contributed by atoms with van der Waals surface area (Å²) >= 11 is 1.56. The fraction of sp³-hybridized carbons (Fsp3) is 0.333. The average Bonchev–Trinajstić information content (AvgIpc) is 3.18. The topological polar surface area (TPSA) is 50.5 Å². The molecule has 0 saturated carbocycles. The van der Waals surface area contributed by atoms with Crippen molar-refractivity contribution in [1.82, 2.24) is 9.36 Å².